The lowest BCUT2D eigenvalue weighted by Crippen LogP contribution is -2.42. The summed E-state index contributed by atoms with van der Waals surface area (Å²) in [6, 6.07) is 8.23. The van der Waals surface area contributed by atoms with Crippen LogP contribution in [0.5, 0.6) is 0 Å². The molecule has 1 saturated heterocycles. The fraction of sp³-hybridized carbons (Fsp3) is 0.474. The van der Waals surface area contributed by atoms with Gasteiger partial charge >= 0.3 is 0 Å². The third-order valence-corrected chi connectivity index (χ3v) is 5.81. The zero-order chi connectivity index (χ0) is 17.8. The standard InChI is InChI=1S/C19H26N4OS/c1-13(25-2)19(24)23-10-4-3-5-17(23)18-21-12-16(22-18)15-8-6-14(11-20)7-9-15/h6-9,12-13,17H,3-5,10-11,20H2,1-2H3,(H,21,22). The van der Waals surface area contributed by atoms with Gasteiger partial charge in [0.2, 0.25) is 5.91 Å². The number of nitrogens with zero attached hydrogens (tertiary/aromatic N) is 2. The summed E-state index contributed by atoms with van der Waals surface area (Å²) in [6.45, 7) is 3.34. The van der Waals surface area contributed by atoms with Crippen molar-refractivity contribution in [2.75, 3.05) is 12.8 Å². The minimum absolute atomic E-state index is 0.0150. The maximum absolute atomic E-state index is 12.7. The average Bonchev–Trinajstić information content (AvgIpc) is 3.17. The Morgan fingerprint density at radius 3 is 2.84 bits per heavy atom. The number of rotatable bonds is 5. The number of aromatic nitrogens is 2. The number of piperidine rings is 1. The first kappa shape index (κ1) is 18.0. The molecule has 2 atom stereocenters. The van der Waals surface area contributed by atoms with Crippen LogP contribution in [0.2, 0.25) is 0 Å². The van der Waals surface area contributed by atoms with Crippen molar-refractivity contribution >= 4 is 17.7 Å². The predicted octanol–water partition coefficient (Wildman–Crippen LogP) is 3.34. The smallest absolute Gasteiger partial charge is 0.236 e. The number of carbonyl (C=O) groups excluding carboxylic acids is 1. The van der Waals surface area contributed by atoms with Crippen molar-refractivity contribution < 1.29 is 4.79 Å². The molecule has 25 heavy (non-hydrogen) atoms. The zero-order valence-electron chi connectivity index (χ0n) is 14.9. The van der Waals surface area contributed by atoms with Gasteiger partial charge in [-0.05, 0) is 43.6 Å². The van der Waals surface area contributed by atoms with E-state index in [0.29, 0.717) is 6.54 Å². The van der Waals surface area contributed by atoms with Crippen LogP contribution < -0.4 is 5.73 Å². The number of hydrogen-bond donors (Lipinski definition) is 2. The van der Waals surface area contributed by atoms with Crippen molar-refractivity contribution in [2.24, 2.45) is 5.73 Å². The van der Waals surface area contributed by atoms with Crippen molar-refractivity contribution in [1.29, 1.82) is 0 Å². The van der Waals surface area contributed by atoms with Gasteiger partial charge in [-0.2, -0.15) is 11.8 Å². The Hall–Kier alpha value is -1.79. The Kier molecular flexibility index (Phi) is 5.81. The number of nitrogens with two attached hydrogens (primary N) is 1. The first-order valence-electron chi connectivity index (χ1n) is 8.81. The highest BCUT2D eigenvalue weighted by molar-refractivity contribution is 7.99. The summed E-state index contributed by atoms with van der Waals surface area (Å²) in [6.07, 6.45) is 7.01. The molecule has 2 aromatic rings. The lowest BCUT2D eigenvalue weighted by Gasteiger charge is -2.36. The van der Waals surface area contributed by atoms with Gasteiger partial charge in [-0.3, -0.25) is 4.79 Å². The third-order valence-electron chi connectivity index (χ3n) is 4.90. The van der Waals surface area contributed by atoms with Gasteiger partial charge in [0.15, 0.2) is 0 Å². The van der Waals surface area contributed by atoms with Crippen LogP contribution in [-0.4, -0.2) is 38.8 Å². The van der Waals surface area contributed by atoms with Crippen LogP contribution in [0.4, 0.5) is 0 Å². The van der Waals surface area contributed by atoms with Crippen molar-refractivity contribution in [3.8, 4) is 11.3 Å². The maximum atomic E-state index is 12.7. The summed E-state index contributed by atoms with van der Waals surface area (Å²) in [5.74, 6) is 1.10. The number of imidazole rings is 1. The van der Waals surface area contributed by atoms with E-state index >= 15 is 0 Å². The van der Waals surface area contributed by atoms with E-state index in [4.69, 9.17) is 5.73 Å². The molecule has 3 rings (SSSR count). The molecular formula is C19H26N4OS. The Morgan fingerprint density at radius 2 is 2.16 bits per heavy atom. The Balaban J connectivity index is 1.82. The molecular weight excluding hydrogens is 332 g/mol. The molecule has 0 radical (unpaired) electrons. The molecule has 1 amide bonds. The summed E-state index contributed by atoms with van der Waals surface area (Å²) < 4.78 is 0. The van der Waals surface area contributed by atoms with E-state index in [1.54, 1.807) is 11.8 Å². The highest BCUT2D eigenvalue weighted by atomic mass is 32.2. The highest BCUT2D eigenvalue weighted by Gasteiger charge is 2.32. The molecule has 1 fully saturated rings. The normalized spacial score (nSPS) is 19.0. The number of amides is 1. The van der Waals surface area contributed by atoms with Crippen molar-refractivity contribution in [3.63, 3.8) is 0 Å². The topological polar surface area (TPSA) is 75.0 Å². The number of benzene rings is 1. The molecule has 6 heteroatoms. The third kappa shape index (κ3) is 3.90. The fourth-order valence-electron chi connectivity index (χ4n) is 3.29. The molecule has 5 nitrogen and oxygen atoms in total. The molecule has 134 valence electrons. The Labute approximate surface area is 153 Å². The lowest BCUT2D eigenvalue weighted by atomic mass is 10.0. The van der Waals surface area contributed by atoms with Gasteiger partial charge in [0.1, 0.15) is 5.82 Å². The van der Waals surface area contributed by atoms with E-state index in [9.17, 15) is 4.79 Å². The first-order valence-corrected chi connectivity index (χ1v) is 10.1. The predicted molar refractivity (Wildman–Crippen MR) is 103 cm³/mol. The molecule has 0 spiro atoms. The molecule has 3 N–H and O–H groups in total. The summed E-state index contributed by atoms with van der Waals surface area (Å²) in [5.41, 5.74) is 8.84. The van der Waals surface area contributed by atoms with Crippen LogP contribution in [0.15, 0.2) is 30.5 Å². The minimum Gasteiger partial charge on any atom is -0.340 e. The van der Waals surface area contributed by atoms with E-state index in [0.717, 1.165) is 48.5 Å². The molecule has 0 saturated carbocycles. The highest BCUT2D eigenvalue weighted by Crippen LogP contribution is 2.32. The number of hydrogen-bond acceptors (Lipinski definition) is 4. The van der Waals surface area contributed by atoms with Gasteiger partial charge in [0.25, 0.3) is 0 Å². The second-order valence-corrected chi connectivity index (χ2v) is 7.68. The molecule has 1 aromatic carbocycles. The fourth-order valence-corrected chi connectivity index (χ4v) is 3.62. The average molecular weight is 359 g/mol. The lowest BCUT2D eigenvalue weighted by molar-refractivity contribution is -0.134. The second kappa shape index (κ2) is 8.06. The number of carbonyl (C=O) groups is 1. The summed E-state index contributed by atoms with van der Waals surface area (Å²) in [7, 11) is 0. The van der Waals surface area contributed by atoms with E-state index in [2.05, 4.69) is 22.1 Å². The molecule has 1 aliphatic heterocycles. The van der Waals surface area contributed by atoms with Crippen molar-refractivity contribution in [1.82, 2.24) is 14.9 Å². The van der Waals surface area contributed by atoms with E-state index in [1.807, 2.05) is 36.4 Å². The van der Waals surface area contributed by atoms with Crippen LogP contribution in [-0.2, 0) is 11.3 Å². The van der Waals surface area contributed by atoms with Crippen LogP contribution in [0.3, 0.4) is 0 Å². The largest absolute Gasteiger partial charge is 0.340 e. The van der Waals surface area contributed by atoms with E-state index in [-0.39, 0.29) is 17.2 Å². The van der Waals surface area contributed by atoms with Crippen LogP contribution in [0, 0.1) is 0 Å². The number of nitrogens with one attached hydrogen (secondary N) is 1. The van der Waals surface area contributed by atoms with Crippen LogP contribution in [0.25, 0.3) is 11.3 Å². The second-order valence-electron chi connectivity index (χ2n) is 6.50. The number of H-pyrrole nitrogens is 1. The summed E-state index contributed by atoms with van der Waals surface area (Å²) in [4.78, 5) is 22.7. The molecule has 2 unspecified atom stereocenters. The van der Waals surface area contributed by atoms with Crippen molar-refractivity contribution in [2.45, 2.75) is 44.0 Å². The number of aromatic amines is 1. The number of likely N-dealkylation sites (tertiary alicyclic amines) is 1. The van der Waals surface area contributed by atoms with Gasteiger partial charge in [0.05, 0.1) is 23.2 Å². The Bertz CT molecular complexity index is 712. The van der Waals surface area contributed by atoms with Gasteiger partial charge in [-0.1, -0.05) is 24.3 Å². The van der Waals surface area contributed by atoms with Gasteiger partial charge in [0, 0.05) is 13.1 Å². The Morgan fingerprint density at radius 1 is 1.40 bits per heavy atom. The SMILES string of the molecule is CSC(C)C(=O)N1CCCCC1c1ncc(-c2ccc(CN)cc2)[nH]1. The summed E-state index contributed by atoms with van der Waals surface area (Å²) >= 11 is 1.60. The van der Waals surface area contributed by atoms with Gasteiger partial charge < -0.3 is 15.6 Å². The molecule has 2 heterocycles. The number of thioether (sulfide) groups is 1. The first-order chi connectivity index (χ1) is 12.1. The molecule has 1 aromatic heterocycles. The monoisotopic (exact) mass is 358 g/mol. The van der Waals surface area contributed by atoms with Gasteiger partial charge in [-0.15, -0.1) is 0 Å². The van der Waals surface area contributed by atoms with E-state index in [1.165, 1.54) is 0 Å². The quantitative estimate of drug-likeness (QED) is 0.859. The minimum atomic E-state index is -0.0150. The maximum Gasteiger partial charge on any atom is 0.236 e. The molecule has 0 aliphatic carbocycles. The molecule has 1 aliphatic rings. The zero-order valence-corrected chi connectivity index (χ0v) is 15.7. The van der Waals surface area contributed by atoms with Gasteiger partial charge in [-0.25, -0.2) is 4.98 Å². The van der Waals surface area contributed by atoms with Crippen molar-refractivity contribution in [3.05, 3.63) is 41.9 Å². The van der Waals surface area contributed by atoms with E-state index < -0.39 is 0 Å². The van der Waals surface area contributed by atoms with Crippen LogP contribution >= 0.6 is 11.8 Å². The summed E-state index contributed by atoms with van der Waals surface area (Å²) in [5, 5.41) is -0.0150. The molecule has 0 bridgehead atoms. The van der Waals surface area contributed by atoms with Crippen LogP contribution in [0.1, 0.15) is 43.6 Å².